The van der Waals surface area contributed by atoms with E-state index in [0.29, 0.717) is 35.7 Å². The summed E-state index contributed by atoms with van der Waals surface area (Å²) in [6, 6.07) is -0.298. The smallest absolute Gasteiger partial charge is 0.340 e. The Labute approximate surface area is 178 Å². The van der Waals surface area contributed by atoms with Gasteiger partial charge in [0.2, 0.25) is 5.91 Å². The fraction of sp³-hybridized carbons (Fsp3) is 0.682. The van der Waals surface area contributed by atoms with Gasteiger partial charge in [-0.05, 0) is 46.1 Å². The summed E-state index contributed by atoms with van der Waals surface area (Å²) in [5, 5.41) is 0. The van der Waals surface area contributed by atoms with E-state index in [0.717, 1.165) is 52.1 Å². The Balaban J connectivity index is 1.58. The highest BCUT2D eigenvalue weighted by Gasteiger charge is 2.31. The lowest BCUT2D eigenvalue weighted by atomic mass is 10.0. The molecule has 2 saturated heterocycles. The van der Waals surface area contributed by atoms with Crippen LogP contribution in [0.3, 0.4) is 0 Å². The number of ether oxygens (including phenoxy) is 1. The Morgan fingerprint density at radius 2 is 1.67 bits per heavy atom. The van der Waals surface area contributed by atoms with Crippen molar-refractivity contribution in [2.75, 3.05) is 52.4 Å². The first kappa shape index (κ1) is 22.5. The molecule has 1 aromatic rings. The Bertz CT molecular complexity index is 789. The molecule has 0 spiro atoms. The minimum atomic E-state index is -0.397. The number of hydrogen-bond acceptors (Lipinski definition) is 6. The largest absolute Gasteiger partial charge is 0.462 e. The van der Waals surface area contributed by atoms with E-state index in [9.17, 15) is 14.4 Å². The molecule has 1 amide bonds. The number of Topliss-reactive ketones (excluding diaryl/α,β-unsaturated/α-hetero) is 1. The lowest BCUT2D eigenvalue weighted by Crippen LogP contribution is -2.53. The summed E-state index contributed by atoms with van der Waals surface area (Å²) in [4.78, 5) is 47.1. The number of aromatic nitrogens is 1. The minimum Gasteiger partial charge on any atom is -0.462 e. The molecule has 1 atom stereocenters. The molecule has 2 aliphatic heterocycles. The summed E-state index contributed by atoms with van der Waals surface area (Å²) in [7, 11) is 0. The number of carbonyl (C=O) groups excluding carboxylic acids is 3. The number of aryl methyl sites for hydroxylation is 1. The molecule has 0 aliphatic carbocycles. The first-order valence-corrected chi connectivity index (χ1v) is 11.0. The number of hydrogen-bond donors (Lipinski definition) is 1. The summed E-state index contributed by atoms with van der Waals surface area (Å²) in [6.07, 6.45) is 2.21. The van der Waals surface area contributed by atoms with E-state index in [1.54, 1.807) is 20.8 Å². The molecule has 0 bridgehead atoms. The number of H-pyrrole nitrogens is 1. The number of nitrogens with one attached hydrogen (secondary N) is 1. The number of piperazine rings is 1. The third kappa shape index (κ3) is 4.75. The molecule has 30 heavy (non-hydrogen) atoms. The van der Waals surface area contributed by atoms with Crippen molar-refractivity contribution < 1.29 is 19.1 Å². The van der Waals surface area contributed by atoms with Gasteiger partial charge in [-0.25, -0.2) is 4.79 Å². The van der Waals surface area contributed by atoms with Crippen LogP contribution < -0.4 is 0 Å². The van der Waals surface area contributed by atoms with Crippen molar-refractivity contribution in [3.63, 3.8) is 0 Å². The molecule has 8 heteroatoms. The Kier molecular flexibility index (Phi) is 7.31. The van der Waals surface area contributed by atoms with Crippen LogP contribution in [0, 0.1) is 13.8 Å². The van der Waals surface area contributed by atoms with Gasteiger partial charge in [0, 0.05) is 45.0 Å². The zero-order valence-corrected chi connectivity index (χ0v) is 18.6. The predicted molar refractivity (Wildman–Crippen MR) is 114 cm³/mol. The van der Waals surface area contributed by atoms with Crippen LogP contribution in [0.4, 0.5) is 0 Å². The van der Waals surface area contributed by atoms with Gasteiger partial charge in [-0.2, -0.15) is 0 Å². The van der Waals surface area contributed by atoms with Crippen molar-refractivity contribution >= 4 is 17.7 Å². The van der Waals surface area contributed by atoms with Crippen LogP contribution in [0.5, 0.6) is 0 Å². The molecule has 166 valence electrons. The van der Waals surface area contributed by atoms with Gasteiger partial charge < -0.3 is 14.6 Å². The van der Waals surface area contributed by atoms with Gasteiger partial charge in [-0.15, -0.1) is 0 Å². The summed E-state index contributed by atoms with van der Waals surface area (Å²) in [6.45, 7) is 12.8. The summed E-state index contributed by atoms with van der Waals surface area (Å²) in [5.74, 6) is -0.200. The number of nitrogens with zero attached hydrogens (tertiary/aromatic N) is 3. The number of ketones is 1. The number of carbonyl (C=O) groups is 3. The van der Waals surface area contributed by atoms with Gasteiger partial charge >= 0.3 is 5.97 Å². The zero-order valence-electron chi connectivity index (χ0n) is 18.6. The van der Waals surface area contributed by atoms with Crippen molar-refractivity contribution in [1.29, 1.82) is 0 Å². The van der Waals surface area contributed by atoms with Gasteiger partial charge in [-0.1, -0.05) is 0 Å². The van der Waals surface area contributed by atoms with Crippen molar-refractivity contribution in [1.82, 2.24) is 19.7 Å². The average molecular weight is 419 g/mol. The first-order chi connectivity index (χ1) is 14.3. The van der Waals surface area contributed by atoms with Crippen molar-refractivity contribution in [2.45, 2.75) is 46.6 Å². The summed E-state index contributed by atoms with van der Waals surface area (Å²) < 4.78 is 5.12. The van der Waals surface area contributed by atoms with Crippen LogP contribution in [0.1, 0.15) is 58.8 Å². The molecule has 2 fully saturated rings. The molecular formula is C22H34N4O4. The number of rotatable bonds is 7. The monoisotopic (exact) mass is 418 g/mol. The van der Waals surface area contributed by atoms with Gasteiger partial charge in [0.05, 0.1) is 30.5 Å². The Morgan fingerprint density at radius 1 is 1.03 bits per heavy atom. The van der Waals surface area contributed by atoms with E-state index in [-0.39, 0.29) is 17.7 Å². The number of esters is 1. The van der Waals surface area contributed by atoms with Gasteiger partial charge in [0.25, 0.3) is 0 Å². The molecular weight excluding hydrogens is 384 g/mol. The van der Waals surface area contributed by atoms with Crippen LogP contribution in [0.25, 0.3) is 0 Å². The molecule has 0 radical (unpaired) electrons. The Morgan fingerprint density at radius 3 is 2.27 bits per heavy atom. The normalized spacial score (nSPS) is 19.1. The van der Waals surface area contributed by atoms with E-state index < -0.39 is 5.97 Å². The highest BCUT2D eigenvalue weighted by atomic mass is 16.5. The standard InChI is InChI=1S/C22H34N4O4/c1-5-30-22(29)19-15(2)20(23-16(19)3)21(28)17(4)25-12-10-24(11-13-25)14-18(27)26-8-6-7-9-26/h17,23H,5-14H2,1-4H3. The molecule has 1 N–H and O–H groups in total. The van der Waals surface area contributed by atoms with Gasteiger partial charge in [0.1, 0.15) is 0 Å². The van der Waals surface area contributed by atoms with Crippen LogP contribution in [-0.4, -0.2) is 95.8 Å². The highest BCUT2D eigenvalue weighted by Crippen LogP contribution is 2.22. The quantitative estimate of drug-likeness (QED) is 0.535. The predicted octanol–water partition coefficient (Wildman–Crippen LogP) is 1.62. The Hall–Kier alpha value is -2.19. The maximum Gasteiger partial charge on any atom is 0.340 e. The molecule has 0 aromatic carbocycles. The van der Waals surface area contributed by atoms with Gasteiger partial charge in [-0.3, -0.25) is 19.4 Å². The molecule has 0 saturated carbocycles. The summed E-state index contributed by atoms with van der Waals surface area (Å²) in [5.41, 5.74) is 2.25. The number of likely N-dealkylation sites (tertiary alicyclic amines) is 1. The SMILES string of the molecule is CCOC(=O)c1c(C)[nH]c(C(=O)C(C)N2CCN(CC(=O)N3CCCC3)CC2)c1C. The number of aromatic amines is 1. The van der Waals surface area contributed by atoms with Crippen molar-refractivity contribution in [3.8, 4) is 0 Å². The lowest BCUT2D eigenvalue weighted by molar-refractivity contribution is -0.131. The fourth-order valence-electron chi connectivity index (χ4n) is 4.45. The second-order valence-electron chi connectivity index (χ2n) is 8.29. The van der Waals surface area contributed by atoms with Crippen molar-refractivity contribution in [3.05, 3.63) is 22.5 Å². The molecule has 8 nitrogen and oxygen atoms in total. The maximum absolute atomic E-state index is 13.1. The number of amides is 1. The van der Waals surface area contributed by atoms with Crippen LogP contribution in [-0.2, 0) is 9.53 Å². The van der Waals surface area contributed by atoms with Gasteiger partial charge in [0.15, 0.2) is 5.78 Å². The third-order valence-corrected chi connectivity index (χ3v) is 6.32. The van der Waals surface area contributed by atoms with E-state index in [1.807, 2.05) is 11.8 Å². The molecule has 2 aliphatic rings. The molecule has 3 rings (SSSR count). The van der Waals surface area contributed by atoms with Crippen LogP contribution in [0.2, 0.25) is 0 Å². The molecule has 3 heterocycles. The van der Waals surface area contributed by atoms with Crippen molar-refractivity contribution in [2.24, 2.45) is 0 Å². The second-order valence-corrected chi connectivity index (χ2v) is 8.29. The van der Waals surface area contributed by atoms with E-state index in [2.05, 4.69) is 14.8 Å². The molecule has 1 unspecified atom stereocenters. The third-order valence-electron chi connectivity index (χ3n) is 6.32. The molecule has 1 aromatic heterocycles. The van der Waals surface area contributed by atoms with E-state index in [1.165, 1.54) is 0 Å². The first-order valence-electron chi connectivity index (χ1n) is 11.0. The maximum atomic E-state index is 13.1. The second kappa shape index (κ2) is 9.75. The highest BCUT2D eigenvalue weighted by molar-refractivity contribution is 6.03. The fourth-order valence-corrected chi connectivity index (χ4v) is 4.45. The van der Waals surface area contributed by atoms with Crippen LogP contribution in [0.15, 0.2) is 0 Å². The van der Waals surface area contributed by atoms with E-state index in [4.69, 9.17) is 4.74 Å². The lowest BCUT2D eigenvalue weighted by Gasteiger charge is -2.37. The summed E-state index contributed by atoms with van der Waals surface area (Å²) >= 11 is 0. The van der Waals surface area contributed by atoms with E-state index >= 15 is 0 Å². The average Bonchev–Trinajstić information content (AvgIpc) is 3.36. The van der Waals surface area contributed by atoms with Crippen LogP contribution >= 0.6 is 0 Å². The minimum absolute atomic E-state index is 0.0206. The zero-order chi connectivity index (χ0) is 21.8. The topological polar surface area (TPSA) is 86.0 Å².